The van der Waals surface area contributed by atoms with E-state index in [1.54, 1.807) is 0 Å². The van der Waals surface area contributed by atoms with E-state index < -0.39 is 10.2 Å². The Labute approximate surface area is 52.7 Å². The van der Waals surface area contributed by atoms with Crippen molar-refractivity contribution >= 4 is 5.96 Å². The summed E-state index contributed by atoms with van der Waals surface area (Å²) in [5.74, 6) is -0.333. The molecule has 0 radical (unpaired) electrons. The average Bonchev–Trinajstić information content (AvgIpc) is 1.19. The van der Waals surface area contributed by atoms with E-state index in [0.29, 0.717) is 0 Å². The van der Waals surface area contributed by atoms with Crippen molar-refractivity contribution in [1.82, 2.24) is 0 Å². The van der Waals surface area contributed by atoms with Crippen molar-refractivity contribution in [2.24, 2.45) is 11.5 Å². The Hall–Kier alpha value is -0.600. The van der Waals surface area contributed by atoms with Crippen molar-refractivity contribution in [3.63, 3.8) is 0 Å². The molecule has 0 unspecified atom stereocenters. The lowest BCUT2D eigenvalue weighted by Crippen LogP contribution is -2.58. The summed E-state index contributed by atoms with van der Waals surface area (Å²) in [6.07, 6.45) is 0. The third-order valence-corrected chi connectivity index (χ3v) is 0. The maximum atomic E-state index is 8.60. The number of nitrogens with one attached hydrogen (secondary N) is 1. The van der Waals surface area contributed by atoms with Crippen molar-refractivity contribution in [2.75, 3.05) is 0 Å². The summed E-state index contributed by atoms with van der Waals surface area (Å²) in [7, 11) is -4.69. The SMILES string of the molecule is N=C(N)N.[O-][Cl+3]([O-])([O-])O. The van der Waals surface area contributed by atoms with Gasteiger partial charge in [0.25, 0.3) is 0 Å². The van der Waals surface area contributed by atoms with Gasteiger partial charge in [0.05, 0.1) is 14.9 Å². The van der Waals surface area contributed by atoms with Gasteiger partial charge in [-0.2, -0.15) is 14.0 Å². The highest BCUT2D eigenvalue weighted by molar-refractivity contribution is 5.71. The third-order valence-electron chi connectivity index (χ3n) is 0. The molecule has 0 aliphatic rings. The second-order valence-electron chi connectivity index (χ2n) is 0.851. The maximum absolute atomic E-state index is 8.60. The van der Waals surface area contributed by atoms with Gasteiger partial charge in [0.2, 0.25) is 0 Å². The summed E-state index contributed by atoms with van der Waals surface area (Å²) in [6, 6.07) is 0. The summed E-state index contributed by atoms with van der Waals surface area (Å²) in [5, 5.41) is 6.06. The Kier molecular flexibility index (Phi) is 5.36. The minimum Gasteiger partial charge on any atom is -0.370 e. The molecular weight excluding hydrogens is 153 g/mol. The van der Waals surface area contributed by atoms with Crippen LogP contribution >= 0.6 is 0 Å². The van der Waals surface area contributed by atoms with Crippen LogP contribution in [0, 0.1) is 15.7 Å². The molecule has 0 aliphatic heterocycles. The molecule has 0 aromatic heterocycles. The first-order chi connectivity index (χ1) is 3.73. The van der Waals surface area contributed by atoms with Gasteiger partial charge in [-0.1, -0.05) is 0 Å². The van der Waals surface area contributed by atoms with Crippen LogP contribution in [0.25, 0.3) is 0 Å². The first-order valence-electron chi connectivity index (χ1n) is 1.46. The number of rotatable bonds is 0. The average molecular weight is 160 g/mol. The van der Waals surface area contributed by atoms with E-state index in [9.17, 15) is 0 Å². The van der Waals surface area contributed by atoms with E-state index in [2.05, 4.69) is 11.5 Å². The zero-order chi connectivity index (χ0) is 8.08. The second-order valence-corrected chi connectivity index (χ2v) is 1.64. The number of halogens is 1. The van der Waals surface area contributed by atoms with E-state index in [1.807, 2.05) is 0 Å². The van der Waals surface area contributed by atoms with Crippen LogP contribution in [0.5, 0.6) is 0 Å². The van der Waals surface area contributed by atoms with Gasteiger partial charge in [0.1, 0.15) is 0 Å². The van der Waals surface area contributed by atoms with E-state index in [1.165, 1.54) is 0 Å². The van der Waals surface area contributed by atoms with Crippen LogP contribution in [0.2, 0.25) is 0 Å². The summed E-state index contributed by atoms with van der Waals surface area (Å²) in [5.41, 5.74) is 8.94. The monoisotopic (exact) mass is 159 g/mol. The van der Waals surface area contributed by atoms with E-state index in [-0.39, 0.29) is 5.96 Å². The highest BCUT2D eigenvalue weighted by atomic mass is 35.7. The topological polar surface area (TPSA) is 165 Å². The minimum absolute atomic E-state index is 0.333. The molecule has 0 aromatic carbocycles. The zero-order valence-electron chi connectivity index (χ0n) is 4.20. The molecule has 0 rings (SSSR count). The maximum Gasteiger partial charge on any atom is 0.183 e. The molecule has 9 heavy (non-hydrogen) atoms. The van der Waals surface area contributed by atoms with Gasteiger partial charge in [0, 0.05) is 0 Å². The smallest absolute Gasteiger partial charge is 0.183 e. The molecule has 0 fully saturated rings. The molecule has 0 bridgehead atoms. The predicted octanol–water partition coefficient (Wildman–Crippen LogP) is -5.29. The van der Waals surface area contributed by atoms with Gasteiger partial charge in [-0.25, -0.2) is 0 Å². The van der Waals surface area contributed by atoms with Crippen LogP contribution < -0.4 is 25.4 Å². The number of hydrogen-bond donors (Lipinski definition) is 4. The molecule has 0 heterocycles. The standard InChI is InChI=1S/CH5N3.ClHO4/c2-1(3)4;2-1(3,4)5/h(H5,2,3,4);(H,2,3,4,5). The van der Waals surface area contributed by atoms with Crippen LogP contribution in [0.15, 0.2) is 0 Å². The zero-order valence-corrected chi connectivity index (χ0v) is 4.96. The van der Waals surface area contributed by atoms with Crippen LogP contribution in [0.1, 0.15) is 0 Å². The fourth-order valence-corrected chi connectivity index (χ4v) is 0. The lowest BCUT2D eigenvalue weighted by molar-refractivity contribution is -1.92. The fraction of sp³-hybridized carbons (Fsp3) is 0. The van der Waals surface area contributed by atoms with Gasteiger partial charge in [0.15, 0.2) is 5.96 Å². The van der Waals surface area contributed by atoms with Gasteiger partial charge in [-0.3, -0.25) is 5.41 Å². The van der Waals surface area contributed by atoms with Crippen LogP contribution in [0.4, 0.5) is 0 Å². The molecule has 56 valence electrons. The number of guanidine groups is 1. The lowest BCUT2D eigenvalue weighted by Gasteiger charge is -2.03. The molecule has 0 saturated heterocycles. The highest BCUT2D eigenvalue weighted by Gasteiger charge is 1.98. The van der Waals surface area contributed by atoms with Crippen molar-refractivity contribution in [2.45, 2.75) is 0 Å². The molecule has 7 nitrogen and oxygen atoms in total. The van der Waals surface area contributed by atoms with E-state index in [0.717, 1.165) is 0 Å². The van der Waals surface area contributed by atoms with Crippen molar-refractivity contribution in [1.29, 1.82) is 5.41 Å². The molecule has 0 aliphatic carbocycles. The number of nitrogens with two attached hydrogens (primary N) is 2. The molecule has 0 atom stereocenters. The molecule has 8 heteroatoms. The minimum atomic E-state index is -4.69. The summed E-state index contributed by atoms with van der Waals surface area (Å²) in [4.78, 5) is 0. The Balaban J connectivity index is 0. The fourth-order valence-electron chi connectivity index (χ4n) is 0. The Morgan fingerprint density at radius 3 is 1.33 bits per heavy atom. The Morgan fingerprint density at radius 1 is 1.33 bits per heavy atom. The normalized spacial score (nSPS) is 9.33. The molecular formula is CH6ClN3O4. The third kappa shape index (κ3) is 599. The van der Waals surface area contributed by atoms with Crippen molar-refractivity contribution in [3.8, 4) is 0 Å². The molecule has 0 aromatic rings. The first kappa shape index (κ1) is 11.2. The van der Waals surface area contributed by atoms with Gasteiger partial charge in [-0.15, -0.1) is 0 Å². The van der Waals surface area contributed by atoms with E-state index >= 15 is 0 Å². The molecule has 0 saturated carbocycles. The van der Waals surface area contributed by atoms with Crippen molar-refractivity contribution < 1.29 is 28.9 Å². The van der Waals surface area contributed by atoms with Gasteiger partial charge >= 0.3 is 0 Å². The quantitative estimate of drug-likeness (QED) is 0.203. The van der Waals surface area contributed by atoms with Crippen LogP contribution in [-0.4, -0.2) is 10.6 Å². The molecule has 6 N–H and O–H groups in total. The second kappa shape index (κ2) is 4.30. The number of hydrogen-bond acceptors (Lipinski definition) is 5. The van der Waals surface area contributed by atoms with Crippen LogP contribution in [-0.2, 0) is 0 Å². The van der Waals surface area contributed by atoms with Gasteiger partial charge in [-0.05, 0) is 0 Å². The largest absolute Gasteiger partial charge is 0.370 e. The predicted molar refractivity (Wildman–Crippen MR) is 18.3 cm³/mol. The summed E-state index contributed by atoms with van der Waals surface area (Å²) < 4.78 is 32.7. The molecule has 0 spiro atoms. The Bertz CT molecular complexity index is 78.3. The summed E-state index contributed by atoms with van der Waals surface area (Å²) >= 11 is 0. The van der Waals surface area contributed by atoms with Crippen molar-refractivity contribution in [3.05, 3.63) is 0 Å². The Morgan fingerprint density at radius 2 is 1.33 bits per heavy atom. The summed E-state index contributed by atoms with van der Waals surface area (Å²) in [6.45, 7) is 0. The van der Waals surface area contributed by atoms with E-state index in [4.69, 9.17) is 24.0 Å². The molecule has 0 amide bonds. The lowest BCUT2D eigenvalue weighted by atomic mass is 11.1. The van der Waals surface area contributed by atoms with Crippen LogP contribution in [0.3, 0.4) is 0 Å². The highest BCUT2D eigenvalue weighted by Crippen LogP contribution is 1.60. The first-order valence-corrected chi connectivity index (χ1v) is 2.72. The van der Waals surface area contributed by atoms with Gasteiger partial charge < -0.3 is 11.5 Å².